The van der Waals surface area contributed by atoms with Gasteiger partial charge in [0.05, 0.1) is 0 Å². The summed E-state index contributed by atoms with van der Waals surface area (Å²) in [6, 6.07) is 5.38. The number of fused-ring (bicyclic) bond motifs is 1. The Kier molecular flexibility index (Phi) is 3.20. The molecular weight excluding hydrogens is 260 g/mol. The van der Waals surface area contributed by atoms with E-state index < -0.39 is 21.3 Å². The molecule has 0 spiro atoms. The van der Waals surface area contributed by atoms with Crippen molar-refractivity contribution in [2.24, 2.45) is 0 Å². The molecule has 100 valence electrons. The molecule has 0 heterocycles. The Hall–Kier alpha value is -1.72. The van der Waals surface area contributed by atoms with Gasteiger partial charge in [-0.05, 0) is 16.4 Å². The van der Waals surface area contributed by atoms with Crippen molar-refractivity contribution in [3.05, 3.63) is 23.8 Å². The summed E-state index contributed by atoms with van der Waals surface area (Å²) in [5.41, 5.74) is 0.927. The molecule has 0 aliphatic rings. The third-order valence-electron chi connectivity index (χ3n) is 3.21. The molecule has 5 heteroatoms. The van der Waals surface area contributed by atoms with Gasteiger partial charge in [-0.2, -0.15) is 0 Å². The van der Waals surface area contributed by atoms with Crippen molar-refractivity contribution < 1.29 is 20.1 Å². The van der Waals surface area contributed by atoms with Crippen molar-refractivity contribution in [1.29, 1.82) is 0 Å². The Morgan fingerprint density at radius 1 is 0.895 bits per heavy atom. The monoisotopic (exact) mass is 276 g/mol. The van der Waals surface area contributed by atoms with E-state index in [-0.39, 0.29) is 16.4 Å². The quantitative estimate of drug-likeness (QED) is 0.470. The zero-order valence-electron chi connectivity index (χ0n) is 11.0. The molecule has 0 fully saturated rings. The average molecular weight is 276 g/mol. The van der Waals surface area contributed by atoms with Crippen LogP contribution in [-0.2, 0) is 5.41 Å². The molecule has 0 amide bonds. The van der Waals surface area contributed by atoms with Gasteiger partial charge in [-0.3, -0.25) is 0 Å². The zero-order chi connectivity index (χ0) is 14.4. The van der Waals surface area contributed by atoms with Gasteiger partial charge in [0, 0.05) is 10.6 Å². The maximum absolute atomic E-state index is 9.86. The minimum Gasteiger partial charge on any atom is -0.504 e. The molecule has 2 aromatic rings. The molecule has 0 aromatic heterocycles. The van der Waals surface area contributed by atoms with Crippen molar-refractivity contribution in [2.45, 2.75) is 26.2 Å². The molecule has 0 aliphatic carbocycles. The fourth-order valence-electron chi connectivity index (χ4n) is 2.02. The van der Waals surface area contributed by atoms with E-state index in [9.17, 15) is 20.1 Å². The first-order chi connectivity index (χ1) is 8.77. The molecule has 4 nitrogen and oxygen atoms in total. The summed E-state index contributed by atoms with van der Waals surface area (Å²) in [6.45, 7) is 6.15. The summed E-state index contributed by atoms with van der Waals surface area (Å²) in [4.78, 5) is 9.40. The summed E-state index contributed by atoms with van der Waals surface area (Å²) < 4.78 is 0. The maximum atomic E-state index is 9.86. The highest BCUT2D eigenvalue weighted by Gasteiger charge is 2.21. The van der Waals surface area contributed by atoms with Gasteiger partial charge >= 0.3 is 0 Å². The van der Waals surface area contributed by atoms with E-state index in [4.69, 9.17) is 0 Å². The lowest BCUT2D eigenvalue weighted by Crippen LogP contribution is -2.17. The van der Waals surface area contributed by atoms with Gasteiger partial charge in [-0.15, -0.1) is 0 Å². The standard InChI is InChI=1S/C14H16O4Si/c1-14(2,3)7-4-5-8-9(6-7)13(19-18)12(17)11(16)10(8)15/h4-6,15-18H,1-3H3. The SMILES string of the molecule is CC(C)(C)c1ccc2c(O)c(O)c(O)c([Si]O)c2c1. The van der Waals surface area contributed by atoms with Gasteiger partial charge < -0.3 is 20.1 Å². The third-order valence-corrected chi connectivity index (χ3v) is 3.94. The van der Waals surface area contributed by atoms with Crippen LogP contribution in [0.3, 0.4) is 0 Å². The fraction of sp³-hybridized carbons (Fsp3) is 0.286. The van der Waals surface area contributed by atoms with Crippen LogP contribution < -0.4 is 5.19 Å². The second kappa shape index (κ2) is 4.43. The topological polar surface area (TPSA) is 80.9 Å². The number of phenolic OH excluding ortho intramolecular Hbond substituents is 3. The molecule has 2 aromatic carbocycles. The van der Waals surface area contributed by atoms with E-state index in [2.05, 4.69) is 20.8 Å². The Morgan fingerprint density at radius 2 is 1.53 bits per heavy atom. The smallest absolute Gasteiger partial charge is 0.270 e. The van der Waals surface area contributed by atoms with Crippen LogP contribution in [0.25, 0.3) is 10.8 Å². The fourth-order valence-corrected chi connectivity index (χ4v) is 2.57. The first kappa shape index (κ1) is 13.7. The van der Waals surface area contributed by atoms with E-state index in [1.165, 1.54) is 0 Å². The molecule has 19 heavy (non-hydrogen) atoms. The van der Waals surface area contributed by atoms with Crippen LogP contribution in [0.1, 0.15) is 26.3 Å². The van der Waals surface area contributed by atoms with Gasteiger partial charge in [0.1, 0.15) is 0 Å². The molecule has 0 unspecified atom stereocenters. The molecule has 0 atom stereocenters. The number of hydrogen-bond acceptors (Lipinski definition) is 4. The van der Waals surface area contributed by atoms with Crippen molar-refractivity contribution in [3.8, 4) is 17.2 Å². The summed E-state index contributed by atoms with van der Waals surface area (Å²) in [7, 11) is -0.666. The first-order valence-corrected chi connectivity index (χ1v) is 6.83. The Labute approximate surface area is 113 Å². The summed E-state index contributed by atoms with van der Waals surface area (Å²) in [6.07, 6.45) is 0. The van der Waals surface area contributed by atoms with Crippen molar-refractivity contribution >= 4 is 25.7 Å². The minimum absolute atomic E-state index is 0.0901. The molecule has 0 bridgehead atoms. The van der Waals surface area contributed by atoms with Crippen molar-refractivity contribution in [2.75, 3.05) is 0 Å². The average Bonchev–Trinajstić information content (AvgIpc) is 2.35. The molecule has 0 saturated heterocycles. The van der Waals surface area contributed by atoms with Gasteiger partial charge in [0.15, 0.2) is 11.5 Å². The summed E-state index contributed by atoms with van der Waals surface area (Å²) in [5.74, 6) is -1.42. The van der Waals surface area contributed by atoms with Crippen molar-refractivity contribution in [1.82, 2.24) is 0 Å². The third kappa shape index (κ3) is 2.15. The van der Waals surface area contributed by atoms with E-state index in [0.29, 0.717) is 10.8 Å². The highest BCUT2D eigenvalue weighted by Crippen LogP contribution is 2.40. The van der Waals surface area contributed by atoms with Crippen LogP contribution >= 0.6 is 0 Å². The Morgan fingerprint density at radius 3 is 2.05 bits per heavy atom. The minimum atomic E-state index is -0.666. The van der Waals surface area contributed by atoms with Crippen LogP contribution in [0.5, 0.6) is 17.2 Å². The van der Waals surface area contributed by atoms with E-state index in [0.717, 1.165) is 5.56 Å². The summed E-state index contributed by atoms with van der Waals surface area (Å²) >= 11 is 0. The van der Waals surface area contributed by atoms with Gasteiger partial charge in [0.25, 0.3) is 9.76 Å². The van der Waals surface area contributed by atoms with Gasteiger partial charge in [0.2, 0.25) is 5.75 Å². The molecule has 2 rings (SSSR count). The second-order valence-corrected chi connectivity index (χ2v) is 6.27. The van der Waals surface area contributed by atoms with Crippen LogP contribution in [0.15, 0.2) is 18.2 Å². The van der Waals surface area contributed by atoms with Gasteiger partial charge in [-0.25, -0.2) is 0 Å². The first-order valence-electron chi connectivity index (χ1n) is 5.88. The lowest BCUT2D eigenvalue weighted by atomic mass is 9.86. The number of benzene rings is 2. The Balaban J connectivity index is 2.89. The molecule has 2 radical (unpaired) electrons. The van der Waals surface area contributed by atoms with Crippen LogP contribution in [0, 0.1) is 0 Å². The van der Waals surface area contributed by atoms with E-state index in [1.54, 1.807) is 6.07 Å². The predicted molar refractivity (Wildman–Crippen MR) is 75.2 cm³/mol. The number of hydrogen-bond donors (Lipinski definition) is 4. The number of aromatic hydroxyl groups is 3. The molecular formula is C14H16O4Si. The highest BCUT2D eigenvalue weighted by atomic mass is 28.2. The van der Waals surface area contributed by atoms with E-state index >= 15 is 0 Å². The maximum Gasteiger partial charge on any atom is 0.270 e. The van der Waals surface area contributed by atoms with Crippen LogP contribution in [0.2, 0.25) is 0 Å². The van der Waals surface area contributed by atoms with Crippen molar-refractivity contribution in [3.63, 3.8) is 0 Å². The second-order valence-electron chi connectivity index (χ2n) is 5.54. The van der Waals surface area contributed by atoms with Gasteiger partial charge in [-0.1, -0.05) is 39.0 Å². The molecule has 0 aliphatic heterocycles. The van der Waals surface area contributed by atoms with Crippen LogP contribution in [-0.4, -0.2) is 29.9 Å². The lowest BCUT2D eigenvalue weighted by Gasteiger charge is -2.20. The molecule has 4 N–H and O–H groups in total. The Bertz CT molecular complexity index is 644. The van der Waals surface area contributed by atoms with E-state index in [1.807, 2.05) is 12.1 Å². The molecule has 0 saturated carbocycles. The largest absolute Gasteiger partial charge is 0.504 e. The predicted octanol–water partition coefficient (Wildman–Crippen LogP) is 1.49. The number of rotatable bonds is 1. The highest BCUT2D eigenvalue weighted by molar-refractivity contribution is 6.52. The number of phenols is 3. The lowest BCUT2D eigenvalue weighted by molar-refractivity contribution is 0.373. The van der Waals surface area contributed by atoms with Crippen LogP contribution in [0.4, 0.5) is 0 Å². The summed E-state index contributed by atoms with van der Waals surface area (Å²) in [5, 5.41) is 30.5. The zero-order valence-corrected chi connectivity index (χ0v) is 12.0. The normalized spacial score (nSPS) is 12.0.